The van der Waals surface area contributed by atoms with Gasteiger partial charge in [0.05, 0.1) is 0 Å². The summed E-state index contributed by atoms with van der Waals surface area (Å²) in [4.78, 5) is 11.0. The van der Waals surface area contributed by atoms with Gasteiger partial charge in [0.25, 0.3) is 0 Å². The average molecular weight is 178 g/mol. The first-order chi connectivity index (χ1) is 6.26. The van der Waals surface area contributed by atoms with Crippen molar-refractivity contribution < 1.29 is 4.79 Å². The molecule has 0 heterocycles. The van der Waals surface area contributed by atoms with Crippen molar-refractivity contribution >= 4 is 6.29 Å². The maximum Gasteiger partial charge on any atom is 0.127 e. The molecule has 1 saturated carbocycles. The summed E-state index contributed by atoms with van der Waals surface area (Å²) >= 11 is 0. The van der Waals surface area contributed by atoms with Gasteiger partial charge in [0, 0.05) is 11.8 Å². The van der Waals surface area contributed by atoms with E-state index < -0.39 is 0 Å². The van der Waals surface area contributed by atoms with E-state index in [4.69, 9.17) is 0 Å². The Morgan fingerprint density at radius 1 is 1.62 bits per heavy atom. The second-order valence-corrected chi connectivity index (χ2v) is 4.10. The number of rotatable bonds is 3. The molecule has 0 amide bonds. The van der Waals surface area contributed by atoms with Crippen molar-refractivity contribution in [2.24, 2.45) is 11.3 Å². The maximum absolute atomic E-state index is 11.0. The van der Waals surface area contributed by atoms with Crippen LogP contribution in [0.4, 0.5) is 0 Å². The first-order valence-corrected chi connectivity index (χ1v) is 5.12. The van der Waals surface area contributed by atoms with Crippen LogP contribution in [0.3, 0.4) is 0 Å². The first kappa shape index (κ1) is 10.3. The molecule has 1 heteroatoms. The second-order valence-electron chi connectivity index (χ2n) is 4.10. The Morgan fingerprint density at radius 3 is 2.85 bits per heavy atom. The molecule has 0 N–H and O–H groups in total. The van der Waals surface area contributed by atoms with Crippen LogP contribution in [-0.4, -0.2) is 6.29 Å². The second kappa shape index (κ2) is 4.46. The number of aldehydes is 1. The van der Waals surface area contributed by atoms with E-state index in [1.165, 1.54) is 12.8 Å². The van der Waals surface area contributed by atoms with Gasteiger partial charge in [-0.05, 0) is 32.1 Å². The fourth-order valence-electron chi connectivity index (χ4n) is 2.19. The summed E-state index contributed by atoms with van der Waals surface area (Å²) in [5.74, 6) is 6.68. The number of hydrogen-bond acceptors (Lipinski definition) is 1. The Kier molecular flexibility index (Phi) is 3.54. The highest BCUT2D eigenvalue weighted by atomic mass is 16.1. The lowest BCUT2D eigenvalue weighted by Crippen LogP contribution is -2.17. The first-order valence-electron chi connectivity index (χ1n) is 5.12. The van der Waals surface area contributed by atoms with E-state index in [1.807, 2.05) is 6.92 Å². The Hall–Kier alpha value is -0.770. The van der Waals surface area contributed by atoms with Gasteiger partial charge in [-0.25, -0.2) is 0 Å². The maximum atomic E-state index is 11.0. The van der Waals surface area contributed by atoms with Crippen LogP contribution in [0.25, 0.3) is 0 Å². The van der Waals surface area contributed by atoms with Crippen molar-refractivity contribution in [2.75, 3.05) is 0 Å². The minimum atomic E-state index is -0.0936. The molecule has 2 unspecified atom stereocenters. The SMILES string of the molecule is CC#CCC1(C=O)CCC(CC)C1. The standard InChI is InChI=1S/C12H18O/c1-3-5-7-12(10-13)8-6-11(4-2)9-12/h10-11H,4,6-9H2,1-2H3. The minimum Gasteiger partial charge on any atom is -0.303 e. The Labute approximate surface area is 80.9 Å². The van der Waals surface area contributed by atoms with Gasteiger partial charge in [0.15, 0.2) is 0 Å². The largest absolute Gasteiger partial charge is 0.303 e. The fraction of sp³-hybridized carbons (Fsp3) is 0.750. The molecule has 1 aliphatic carbocycles. The average Bonchev–Trinajstić information content (AvgIpc) is 2.59. The molecular formula is C12H18O. The van der Waals surface area contributed by atoms with E-state index in [9.17, 15) is 4.79 Å². The van der Waals surface area contributed by atoms with Crippen LogP contribution < -0.4 is 0 Å². The number of carbonyl (C=O) groups excluding carboxylic acids is 1. The molecule has 72 valence electrons. The van der Waals surface area contributed by atoms with Crippen LogP contribution in [0.5, 0.6) is 0 Å². The zero-order chi connectivity index (χ0) is 9.73. The molecule has 13 heavy (non-hydrogen) atoms. The summed E-state index contributed by atoms with van der Waals surface area (Å²) in [6.07, 6.45) is 6.43. The third kappa shape index (κ3) is 2.34. The van der Waals surface area contributed by atoms with Crippen LogP contribution in [0.15, 0.2) is 0 Å². The van der Waals surface area contributed by atoms with Gasteiger partial charge >= 0.3 is 0 Å². The van der Waals surface area contributed by atoms with Crippen molar-refractivity contribution in [2.45, 2.75) is 46.0 Å². The molecule has 1 fully saturated rings. The van der Waals surface area contributed by atoms with E-state index in [1.54, 1.807) is 0 Å². The smallest absolute Gasteiger partial charge is 0.127 e. The molecule has 0 spiro atoms. The molecule has 1 nitrogen and oxygen atoms in total. The normalized spacial score (nSPS) is 32.3. The van der Waals surface area contributed by atoms with Crippen LogP contribution in [0, 0.1) is 23.2 Å². The Bertz CT molecular complexity index is 233. The van der Waals surface area contributed by atoms with Crippen molar-refractivity contribution in [3.8, 4) is 11.8 Å². The summed E-state index contributed by atoms with van der Waals surface area (Å²) in [6.45, 7) is 4.04. The van der Waals surface area contributed by atoms with Gasteiger partial charge in [0.1, 0.15) is 6.29 Å². The Morgan fingerprint density at radius 2 is 2.38 bits per heavy atom. The quantitative estimate of drug-likeness (QED) is 0.480. The molecule has 0 bridgehead atoms. The molecule has 0 aromatic carbocycles. The number of carbonyl (C=O) groups is 1. The van der Waals surface area contributed by atoms with Gasteiger partial charge < -0.3 is 4.79 Å². The van der Waals surface area contributed by atoms with Crippen LogP contribution in [0.1, 0.15) is 46.0 Å². The summed E-state index contributed by atoms with van der Waals surface area (Å²) < 4.78 is 0. The van der Waals surface area contributed by atoms with E-state index in [2.05, 4.69) is 18.8 Å². The molecular weight excluding hydrogens is 160 g/mol. The number of hydrogen-bond donors (Lipinski definition) is 0. The highest BCUT2D eigenvalue weighted by molar-refractivity contribution is 5.60. The molecule has 0 aliphatic heterocycles. The van der Waals surface area contributed by atoms with E-state index in [0.29, 0.717) is 0 Å². The van der Waals surface area contributed by atoms with Crippen LogP contribution in [-0.2, 0) is 4.79 Å². The molecule has 0 saturated heterocycles. The topological polar surface area (TPSA) is 17.1 Å². The van der Waals surface area contributed by atoms with Gasteiger partial charge in [-0.15, -0.1) is 11.8 Å². The van der Waals surface area contributed by atoms with E-state index in [-0.39, 0.29) is 5.41 Å². The lowest BCUT2D eigenvalue weighted by atomic mass is 9.83. The third-order valence-corrected chi connectivity index (χ3v) is 3.19. The van der Waals surface area contributed by atoms with E-state index >= 15 is 0 Å². The molecule has 1 aliphatic rings. The highest BCUT2D eigenvalue weighted by Crippen LogP contribution is 2.43. The summed E-state index contributed by atoms with van der Waals surface area (Å²) in [6, 6.07) is 0. The summed E-state index contributed by atoms with van der Waals surface area (Å²) in [5.41, 5.74) is -0.0936. The highest BCUT2D eigenvalue weighted by Gasteiger charge is 2.37. The lowest BCUT2D eigenvalue weighted by Gasteiger charge is -2.18. The van der Waals surface area contributed by atoms with E-state index in [0.717, 1.165) is 31.5 Å². The predicted molar refractivity (Wildman–Crippen MR) is 54.2 cm³/mol. The molecule has 2 atom stereocenters. The van der Waals surface area contributed by atoms with Crippen molar-refractivity contribution in [1.29, 1.82) is 0 Å². The minimum absolute atomic E-state index is 0.0936. The fourth-order valence-corrected chi connectivity index (χ4v) is 2.19. The van der Waals surface area contributed by atoms with Crippen molar-refractivity contribution in [3.05, 3.63) is 0 Å². The third-order valence-electron chi connectivity index (χ3n) is 3.19. The molecule has 1 rings (SSSR count). The monoisotopic (exact) mass is 178 g/mol. The predicted octanol–water partition coefficient (Wildman–Crippen LogP) is 2.80. The van der Waals surface area contributed by atoms with Gasteiger partial charge in [-0.2, -0.15) is 0 Å². The van der Waals surface area contributed by atoms with Gasteiger partial charge in [-0.3, -0.25) is 0 Å². The molecule has 0 aromatic rings. The molecule has 0 aromatic heterocycles. The Balaban J connectivity index is 2.60. The summed E-state index contributed by atoms with van der Waals surface area (Å²) in [7, 11) is 0. The van der Waals surface area contributed by atoms with Crippen molar-refractivity contribution in [1.82, 2.24) is 0 Å². The van der Waals surface area contributed by atoms with Crippen LogP contribution in [0.2, 0.25) is 0 Å². The van der Waals surface area contributed by atoms with Gasteiger partial charge in [0.2, 0.25) is 0 Å². The van der Waals surface area contributed by atoms with Crippen LogP contribution >= 0.6 is 0 Å². The lowest BCUT2D eigenvalue weighted by molar-refractivity contribution is -0.115. The summed E-state index contributed by atoms with van der Waals surface area (Å²) in [5, 5.41) is 0. The van der Waals surface area contributed by atoms with Gasteiger partial charge in [-0.1, -0.05) is 13.3 Å². The zero-order valence-electron chi connectivity index (χ0n) is 8.60. The zero-order valence-corrected chi connectivity index (χ0v) is 8.60. The molecule has 0 radical (unpaired) electrons. The van der Waals surface area contributed by atoms with Crippen molar-refractivity contribution in [3.63, 3.8) is 0 Å².